The lowest BCUT2D eigenvalue weighted by Gasteiger charge is -2.07. The maximum atomic E-state index is 8.88. The van der Waals surface area contributed by atoms with Crippen molar-refractivity contribution in [3.8, 4) is 6.07 Å². The zero-order valence-corrected chi connectivity index (χ0v) is 13.5. The first-order valence-electron chi connectivity index (χ1n) is 7.73. The molecule has 2 aromatic rings. The maximum absolute atomic E-state index is 8.88. The van der Waals surface area contributed by atoms with Crippen molar-refractivity contribution < 1.29 is 0 Å². The summed E-state index contributed by atoms with van der Waals surface area (Å²) in [6, 6.07) is 22.3. The van der Waals surface area contributed by atoms with Crippen LogP contribution in [0.2, 0.25) is 0 Å². The van der Waals surface area contributed by atoms with Crippen molar-refractivity contribution in [3.63, 3.8) is 0 Å². The SMILES string of the molecule is C=CC=CC(C=CC#N)=C(C=Cc1ccccc1)c1ccccc1. The standard InChI is InChI=1S/C23H19N/c1-2-3-13-21(16-10-19-24)23(22-14-8-5-9-15-22)18-17-20-11-6-4-7-12-20/h2-18H,1H2. The summed E-state index contributed by atoms with van der Waals surface area (Å²) in [6.07, 6.45) is 13.0. The molecule has 0 aromatic heterocycles. The van der Waals surface area contributed by atoms with Crippen LogP contribution in [0.1, 0.15) is 11.1 Å². The highest BCUT2D eigenvalue weighted by Gasteiger charge is 2.02. The number of hydrogen-bond acceptors (Lipinski definition) is 1. The van der Waals surface area contributed by atoms with Gasteiger partial charge in [-0.05, 0) is 28.3 Å². The van der Waals surface area contributed by atoms with Gasteiger partial charge in [0, 0.05) is 6.08 Å². The van der Waals surface area contributed by atoms with Gasteiger partial charge in [0.25, 0.3) is 0 Å². The van der Waals surface area contributed by atoms with Crippen LogP contribution in [-0.2, 0) is 0 Å². The second-order valence-corrected chi connectivity index (χ2v) is 5.04. The van der Waals surface area contributed by atoms with E-state index >= 15 is 0 Å². The van der Waals surface area contributed by atoms with Crippen LogP contribution < -0.4 is 0 Å². The van der Waals surface area contributed by atoms with Gasteiger partial charge >= 0.3 is 0 Å². The van der Waals surface area contributed by atoms with Crippen molar-refractivity contribution in [2.45, 2.75) is 0 Å². The van der Waals surface area contributed by atoms with E-state index < -0.39 is 0 Å². The Balaban J connectivity index is 2.56. The highest BCUT2D eigenvalue weighted by atomic mass is 14.2. The van der Waals surface area contributed by atoms with E-state index in [4.69, 9.17) is 5.26 Å². The maximum Gasteiger partial charge on any atom is 0.0912 e. The van der Waals surface area contributed by atoms with E-state index in [-0.39, 0.29) is 0 Å². The van der Waals surface area contributed by atoms with Gasteiger partial charge in [0.15, 0.2) is 0 Å². The monoisotopic (exact) mass is 309 g/mol. The van der Waals surface area contributed by atoms with Crippen LogP contribution >= 0.6 is 0 Å². The van der Waals surface area contributed by atoms with Crippen molar-refractivity contribution in [1.29, 1.82) is 5.26 Å². The lowest BCUT2D eigenvalue weighted by molar-refractivity contribution is 1.52. The fraction of sp³-hybridized carbons (Fsp3) is 0. The summed E-state index contributed by atoms with van der Waals surface area (Å²) in [5.74, 6) is 0. The molecule has 24 heavy (non-hydrogen) atoms. The van der Waals surface area contributed by atoms with Crippen LogP contribution in [0.15, 0.2) is 109 Å². The van der Waals surface area contributed by atoms with Crippen LogP contribution in [-0.4, -0.2) is 0 Å². The lowest BCUT2D eigenvalue weighted by Crippen LogP contribution is -1.86. The van der Waals surface area contributed by atoms with Gasteiger partial charge in [-0.15, -0.1) is 0 Å². The summed E-state index contributed by atoms with van der Waals surface area (Å²) >= 11 is 0. The molecule has 0 fully saturated rings. The first-order chi connectivity index (χ1) is 11.8. The van der Waals surface area contributed by atoms with Gasteiger partial charge in [-0.1, -0.05) is 97.6 Å². The number of allylic oxidation sites excluding steroid dienone is 8. The highest BCUT2D eigenvalue weighted by Crippen LogP contribution is 2.23. The molecule has 0 saturated carbocycles. The summed E-state index contributed by atoms with van der Waals surface area (Å²) in [6.45, 7) is 3.72. The highest BCUT2D eigenvalue weighted by molar-refractivity contribution is 5.84. The van der Waals surface area contributed by atoms with Gasteiger partial charge in [0.2, 0.25) is 0 Å². The number of rotatable bonds is 6. The van der Waals surface area contributed by atoms with Gasteiger partial charge in [-0.2, -0.15) is 5.26 Å². The summed E-state index contributed by atoms with van der Waals surface area (Å²) in [5.41, 5.74) is 4.22. The van der Waals surface area contributed by atoms with Crippen LogP contribution in [0.5, 0.6) is 0 Å². The Morgan fingerprint density at radius 1 is 0.875 bits per heavy atom. The van der Waals surface area contributed by atoms with Crippen molar-refractivity contribution in [2.24, 2.45) is 0 Å². The molecule has 116 valence electrons. The molecule has 2 rings (SSSR count). The normalized spacial score (nSPS) is 12.5. The average Bonchev–Trinajstić information content (AvgIpc) is 2.65. The minimum Gasteiger partial charge on any atom is -0.193 e. The molecule has 0 spiro atoms. The molecule has 0 saturated heterocycles. The number of hydrogen-bond donors (Lipinski definition) is 0. The zero-order chi connectivity index (χ0) is 17.0. The fourth-order valence-corrected chi connectivity index (χ4v) is 2.25. The Morgan fingerprint density at radius 2 is 1.54 bits per heavy atom. The van der Waals surface area contributed by atoms with Crippen LogP contribution in [0, 0.1) is 11.3 Å². The van der Waals surface area contributed by atoms with Gasteiger partial charge in [-0.25, -0.2) is 0 Å². The van der Waals surface area contributed by atoms with Crippen molar-refractivity contribution >= 4 is 11.6 Å². The average molecular weight is 309 g/mol. The second-order valence-electron chi connectivity index (χ2n) is 5.04. The quantitative estimate of drug-likeness (QED) is 0.476. The molecule has 0 aliphatic carbocycles. The fourth-order valence-electron chi connectivity index (χ4n) is 2.25. The van der Waals surface area contributed by atoms with E-state index in [0.717, 1.165) is 22.3 Å². The molecular formula is C23H19N. The molecule has 0 unspecified atom stereocenters. The minimum absolute atomic E-state index is 0.954. The third-order valence-electron chi connectivity index (χ3n) is 3.39. The van der Waals surface area contributed by atoms with Crippen molar-refractivity contribution in [3.05, 3.63) is 120 Å². The molecule has 1 heteroatoms. The van der Waals surface area contributed by atoms with Crippen LogP contribution in [0.4, 0.5) is 0 Å². The van der Waals surface area contributed by atoms with Gasteiger partial charge < -0.3 is 0 Å². The van der Waals surface area contributed by atoms with E-state index in [2.05, 4.69) is 49.1 Å². The Labute approximate surface area is 143 Å². The van der Waals surface area contributed by atoms with E-state index in [1.165, 1.54) is 6.08 Å². The largest absolute Gasteiger partial charge is 0.193 e. The zero-order valence-electron chi connectivity index (χ0n) is 13.5. The van der Waals surface area contributed by atoms with Crippen LogP contribution in [0.3, 0.4) is 0 Å². The molecular weight excluding hydrogens is 290 g/mol. The molecule has 2 aromatic carbocycles. The van der Waals surface area contributed by atoms with E-state index in [0.29, 0.717) is 0 Å². The Hall–Kier alpha value is -3.37. The molecule has 0 atom stereocenters. The van der Waals surface area contributed by atoms with Crippen LogP contribution in [0.25, 0.3) is 11.6 Å². The second kappa shape index (κ2) is 9.61. The molecule has 0 aliphatic rings. The van der Waals surface area contributed by atoms with E-state index in [9.17, 15) is 0 Å². The number of nitriles is 1. The smallest absolute Gasteiger partial charge is 0.0912 e. The minimum atomic E-state index is 0.954. The van der Waals surface area contributed by atoms with Gasteiger partial charge in [0.05, 0.1) is 6.07 Å². The molecule has 0 aliphatic heterocycles. The van der Waals surface area contributed by atoms with Crippen molar-refractivity contribution in [1.82, 2.24) is 0 Å². The molecule has 0 radical (unpaired) electrons. The Morgan fingerprint density at radius 3 is 2.17 bits per heavy atom. The van der Waals surface area contributed by atoms with E-state index in [1.807, 2.05) is 54.6 Å². The number of nitrogens with zero attached hydrogens (tertiary/aromatic N) is 1. The molecule has 1 nitrogen and oxygen atoms in total. The molecule has 0 amide bonds. The molecule has 0 heterocycles. The first kappa shape index (κ1) is 17.0. The summed E-state index contributed by atoms with van der Waals surface area (Å²) in [4.78, 5) is 0. The van der Waals surface area contributed by atoms with Gasteiger partial charge in [0.1, 0.15) is 0 Å². The predicted molar refractivity (Wildman–Crippen MR) is 103 cm³/mol. The van der Waals surface area contributed by atoms with Gasteiger partial charge in [-0.3, -0.25) is 0 Å². The van der Waals surface area contributed by atoms with E-state index in [1.54, 1.807) is 6.08 Å². The third kappa shape index (κ3) is 5.12. The summed E-state index contributed by atoms with van der Waals surface area (Å²) in [7, 11) is 0. The lowest BCUT2D eigenvalue weighted by atomic mass is 9.97. The first-order valence-corrected chi connectivity index (χ1v) is 7.73. The van der Waals surface area contributed by atoms with Crippen molar-refractivity contribution in [2.75, 3.05) is 0 Å². The summed E-state index contributed by atoms with van der Waals surface area (Å²) in [5, 5.41) is 8.88. The topological polar surface area (TPSA) is 23.8 Å². The number of benzene rings is 2. The predicted octanol–water partition coefficient (Wildman–Crippen LogP) is 5.98. The molecule has 0 bridgehead atoms. The third-order valence-corrected chi connectivity index (χ3v) is 3.39. The summed E-state index contributed by atoms with van der Waals surface area (Å²) < 4.78 is 0. The Bertz CT molecular complexity index is 813. The molecule has 0 N–H and O–H groups in total. The Kier molecular flexibility index (Phi) is 6.80.